The molecule has 1 saturated heterocycles. The van der Waals surface area contributed by atoms with Crippen LogP contribution < -0.4 is 0 Å². The zero-order valence-corrected chi connectivity index (χ0v) is 10.7. The van der Waals surface area contributed by atoms with Gasteiger partial charge >= 0.3 is 5.97 Å². The highest BCUT2D eigenvalue weighted by Gasteiger charge is 2.36. The van der Waals surface area contributed by atoms with Gasteiger partial charge in [0.1, 0.15) is 5.82 Å². The molecule has 1 aromatic rings. The molecule has 0 bridgehead atoms. The number of hydrogen-bond acceptors (Lipinski definition) is 4. The van der Waals surface area contributed by atoms with Crippen LogP contribution in [0.2, 0.25) is 0 Å². The van der Waals surface area contributed by atoms with E-state index < -0.39 is 11.9 Å². The summed E-state index contributed by atoms with van der Waals surface area (Å²) in [5, 5.41) is 9.11. The van der Waals surface area contributed by atoms with E-state index in [4.69, 9.17) is 9.84 Å². The molecule has 1 N–H and O–H groups in total. The fourth-order valence-electron chi connectivity index (χ4n) is 2.28. The van der Waals surface area contributed by atoms with Crippen molar-refractivity contribution in [2.24, 2.45) is 5.92 Å². The van der Waals surface area contributed by atoms with Gasteiger partial charge in [0.25, 0.3) is 0 Å². The predicted molar refractivity (Wildman–Crippen MR) is 65.3 cm³/mol. The molecule has 2 unspecified atom stereocenters. The van der Waals surface area contributed by atoms with Gasteiger partial charge in [-0.25, -0.2) is 4.98 Å². The van der Waals surface area contributed by atoms with E-state index in [1.165, 1.54) is 0 Å². The minimum absolute atomic E-state index is 0.0358. The Morgan fingerprint density at radius 1 is 1.67 bits per heavy atom. The molecular formula is C12H19N3O3. The summed E-state index contributed by atoms with van der Waals surface area (Å²) < 4.78 is 7.33. The molecule has 1 aromatic heterocycles. The van der Waals surface area contributed by atoms with Crippen LogP contribution in [0.4, 0.5) is 0 Å². The molecule has 2 heterocycles. The second kappa shape index (κ2) is 5.49. The maximum absolute atomic E-state index is 11.1. The lowest BCUT2D eigenvalue weighted by molar-refractivity contribution is -0.143. The Morgan fingerprint density at radius 3 is 3.06 bits per heavy atom. The zero-order valence-electron chi connectivity index (χ0n) is 10.7. The number of aryl methyl sites for hydroxylation is 1. The molecule has 1 aliphatic rings. The highest BCUT2D eigenvalue weighted by Crippen LogP contribution is 2.18. The van der Waals surface area contributed by atoms with Crippen LogP contribution in [0.25, 0.3) is 0 Å². The average Bonchev–Trinajstić information content (AvgIpc) is 2.94. The first-order valence-electron chi connectivity index (χ1n) is 6.08. The van der Waals surface area contributed by atoms with E-state index in [1.807, 2.05) is 20.2 Å². The maximum Gasteiger partial charge on any atom is 0.310 e. The van der Waals surface area contributed by atoms with Gasteiger partial charge in [-0.2, -0.15) is 0 Å². The molecule has 2 rings (SSSR count). The first-order valence-corrected chi connectivity index (χ1v) is 6.08. The van der Waals surface area contributed by atoms with Gasteiger partial charge in [0.2, 0.25) is 0 Å². The maximum atomic E-state index is 11.1. The molecule has 6 nitrogen and oxygen atoms in total. The number of carboxylic acids is 1. The van der Waals surface area contributed by atoms with Gasteiger partial charge in [0.05, 0.1) is 19.1 Å². The second-order valence-corrected chi connectivity index (χ2v) is 4.70. The molecule has 0 aliphatic carbocycles. The van der Waals surface area contributed by atoms with Crippen LogP contribution in [0.1, 0.15) is 5.82 Å². The van der Waals surface area contributed by atoms with Gasteiger partial charge in [-0.1, -0.05) is 0 Å². The quantitative estimate of drug-likeness (QED) is 0.813. The van der Waals surface area contributed by atoms with Crippen molar-refractivity contribution in [3.8, 4) is 0 Å². The van der Waals surface area contributed by atoms with E-state index in [0.717, 1.165) is 18.9 Å². The summed E-state index contributed by atoms with van der Waals surface area (Å²) in [7, 11) is 1.95. The highest BCUT2D eigenvalue weighted by molar-refractivity contribution is 5.71. The summed E-state index contributed by atoms with van der Waals surface area (Å²) in [6.07, 6.45) is 3.71. The predicted octanol–water partition coefficient (Wildman–Crippen LogP) is 0.223. The topological polar surface area (TPSA) is 67.6 Å². The molecule has 0 saturated carbocycles. The lowest BCUT2D eigenvalue weighted by Crippen LogP contribution is -2.42. The van der Waals surface area contributed by atoms with Crippen molar-refractivity contribution >= 4 is 5.97 Å². The molecule has 0 aromatic carbocycles. The van der Waals surface area contributed by atoms with E-state index in [2.05, 4.69) is 14.5 Å². The Bertz CT molecular complexity index is 418. The van der Waals surface area contributed by atoms with Crippen LogP contribution in [0.3, 0.4) is 0 Å². The van der Waals surface area contributed by atoms with Crippen molar-refractivity contribution < 1.29 is 14.6 Å². The van der Waals surface area contributed by atoms with Crippen LogP contribution in [-0.2, 0) is 16.1 Å². The molecule has 0 amide bonds. The van der Waals surface area contributed by atoms with Gasteiger partial charge < -0.3 is 14.4 Å². The van der Waals surface area contributed by atoms with E-state index in [0.29, 0.717) is 13.2 Å². The number of likely N-dealkylation sites (N-methyl/N-ethyl adjacent to an activating group) is 1. The SMILES string of the molecule is Cc1nccn1CCN(C)C1COCC1C(=O)O. The number of hydrogen-bond donors (Lipinski definition) is 1. The Hall–Kier alpha value is -1.40. The molecule has 6 heteroatoms. The van der Waals surface area contributed by atoms with Crippen LogP contribution >= 0.6 is 0 Å². The minimum Gasteiger partial charge on any atom is -0.481 e. The average molecular weight is 253 g/mol. The van der Waals surface area contributed by atoms with E-state index in [1.54, 1.807) is 6.20 Å². The van der Waals surface area contributed by atoms with Crippen LogP contribution in [0.5, 0.6) is 0 Å². The Kier molecular flexibility index (Phi) is 3.98. The van der Waals surface area contributed by atoms with Gasteiger partial charge in [-0.3, -0.25) is 9.69 Å². The van der Waals surface area contributed by atoms with E-state index >= 15 is 0 Å². The Morgan fingerprint density at radius 2 is 2.44 bits per heavy atom. The number of ether oxygens (including phenoxy) is 1. The standard InChI is InChI=1S/C12H19N3O3/c1-9-13-3-4-15(9)6-5-14(2)11-8-18-7-10(11)12(16)17/h3-4,10-11H,5-8H2,1-2H3,(H,16,17). The molecule has 100 valence electrons. The highest BCUT2D eigenvalue weighted by atomic mass is 16.5. The van der Waals surface area contributed by atoms with Crippen molar-refractivity contribution in [2.75, 3.05) is 26.8 Å². The summed E-state index contributed by atoms with van der Waals surface area (Å²) >= 11 is 0. The molecule has 0 radical (unpaired) electrons. The number of aromatic nitrogens is 2. The number of aliphatic carboxylic acids is 1. The second-order valence-electron chi connectivity index (χ2n) is 4.70. The summed E-state index contributed by atoms with van der Waals surface area (Å²) in [6, 6.07) is -0.0358. The number of nitrogens with zero attached hydrogens (tertiary/aromatic N) is 3. The van der Waals surface area contributed by atoms with Crippen molar-refractivity contribution in [1.29, 1.82) is 0 Å². The monoisotopic (exact) mass is 253 g/mol. The van der Waals surface area contributed by atoms with Gasteiger partial charge in [-0.05, 0) is 14.0 Å². The van der Waals surface area contributed by atoms with Crippen molar-refractivity contribution in [1.82, 2.24) is 14.5 Å². The number of carbonyl (C=O) groups is 1. The minimum atomic E-state index is -0.775. The first kappa shape index (κ1) is 13.0. The summed E-state index contributed by atoms with van der Waals surface area (Å²) in [6.45, 7) is 4.36. The number of imidazole rings is 1. The Labute approximate surface area is 106 Å². The summed E-state index contributed by atoms with van der Waals surface area (Å²) in [5.41, 5.74) is 0. The molecule has 0 spiro atoms. The fourth-order valence-corrected chi connectivity index (χ4v) is 2.28. The van der Waals surface area contributed by atoms with Gasteiger partial charge in [-0.15, -0.1) is 0 Å². The van der Waals surface area contributed by atoms with E-state index in [9.17, 15) is 4.79 Å². The zero-order chi connectivity index (χ0) is 13.1. The van der Waals surface area contributed by atoms with Crippen molar-refractivity contribution in [2.45, 2.75) is 19.5 Å². The van der Waals surface area contributed by atoms with E-state index in [-0.39, 0.29) is 6.04 Å². The van der Waals surface area contributed by atoms with Crippen molar-refractivity contribution in [3.63, 3.8) is 0 Å². The normalized spacial score (nSPS) is 23.7. The van der Waals surface area contributed by atoms with Crippen LogP contribution in [0, 0.1) is 12.8 Å². The third kappa shape index (κ3) is 2.70. The fraction of sp³-hybridized carbons (Fsp3) is 0.667. The van der Waals surface area contributed by atoms with Crippen LogP contribution in [0.15, 0.2) is 12.4 Å². The number of carboxylic acid groups (broad SMARTS) is 1. The molecule has 1 fully saturated rings. The van der Waals surface area contributed by atoms with Crippen LogP contribution in [-0.4, -0.2) is 58.4 Å². The lowest BCUT2D eigenvalue weighted by atomic mass is 10.0. The Balaban J connectivity index is 1.90. The summed E-state index contributed by atoms with van der Waals surface area (Å²) in [4.78, 5) is 17.3. The third-order valence-corrected chi connectivity index (χ3v) is 3.55. The van der Waals surface area contributed by atoms with Gasteiger partial charge in [0.15, 0.2) is 0 Å². The number of rotatable bonds is 5. The van der Waals surface area contributed by atoms with Crippen molar-refractivity contribution in [3.05, 3.63) is 18.2 Å². The molecule has 2 atom stereocenters. The molecular weight excluding hydrogens is 234 g/mol. The smallest absolute Gasteiger partial charge is 0.310 e. The largest absolute Gasteiger partial charge is 0.481 e. The lowest BCUT2D eigenvalue weighted by Gasteiger charge is -2.26. The molecule has 18 heavy (non-hydrogen) atoms. The first-order chi connectivity index (χ1) is 8.59. The van der Waals surface area contributed by atoms with Gasteiger partial charge in [0, 0.05) is 31.5 Å². The third-order valence-electron chi connectivity index (χ3n) is 3.55. The molecule has 1 aliphatic heterocycles. The summed E-state index contributed by atoms with van der Waals surface area (Å²) in [5.74, 6) is -0.220.